The van der Waals surface area contributed by atoms with Gasteiger partial charge in [0.15, 0.2) is 0 Å². The number of hydrogen-bond acceptors (Lipinski definition) is 0. The second kappa shape index (κ2) is 14.6. The molecular weight excluding hydrogens is 463 g/mol. The highest BCUT2D eigenvalue weighted by molar-refractivity contribution is 6.30. The van der Waals surface area contributed by atoms with Gasteiger partial charge in [-0.2, -0.15) is 0 Å². The molecule has 0 aliphatic heterocycles. The molecular formula is C34H48ClF. The molecule has 0 amide bonds. The van der Waals surface area contributed by atoms with E-state index in [1.54, 1.807) is 12.1 Å². The molecule has 0 radical (unpaired) electrons. The molecule has 2 aliphatic carbocycles. The quantitative estimate of drug-likeness (QED) is 0.249. The van der Waals surface area contributed by atoms with Crippen molar-refractivity contribution in [3.8, 4) is 0 Å². The lowest BCUT2D eigenvalue weighted by atomic mass is 9.74. The van der Waals surface area contributed by atoms with Gasteiger partial charge in [0, 0.05) is 0 Å². The summed E-state index contributed by atoms with van der Waals surface area (Å²) in [5.74, 6) is 3.45. The molecule has 0 atom stereocenters. The second-order valence-corrected chi connectivity index (χ2v) is 12.4. The van der Waals surface area contributed by atoms with E-state index < -0.39 is 0 Å². The van der Waals surface area contributed by atoms with Gasteiger partial charge in [0.1, 0.15) is 5.82 Å². The molecule has 198 valence electrons. The molecule has 2 saturated carbocycles. The molecule has 0 spiro atoms. The number of unbranched alkanes of at least 4 members (excludes halogenated alkanes) is 3. The van der Waals surface area contributed by atoms with E-state index in [4.69, 9.17) is 11.6 Å². The predicted octanol–water partition coefficient (Wildman–Crippen LogP) is 11.1. The Morgan fingerprint density at radius 2 is 1.22 bits per heavy atom. The van der Waals surface area contributed by atoms with Crippen LogP contribution in [0, 0.1) is 23.6 Å². The van der Waals surface area contributed by atoms with Gasteiger partial charge in [-0.1, -0.05) is 119 Å². The zero-order valence-corrected chi connectivity index (χ0v) is 23.4. The van der Waals surface area contributed by atoms with Gasteiger partial charge in [-0.25, -0.2) is 4.39 Å². The highest BCUT2D eigenvalue weighted by Gasteiger charge is 2.25. The summed E-state index contributed by atoms with van der Waals surface area (Å²) in [5.41, 5.74) is 3.86. The summed E-state index contributed by atoms with van der Waals surface area (Å²) in [6.07, 6.45) is 23.6. The van der Waals surface area contributed by atoms with Gasteiger partial charge in [-0.3, -0.25) is 0 Å². The van der Waals surface area contributed by atoms with Crippen molar-refractivity contribution < 1.29 is 4.39 Å². The lowest BCUT2D eigenvalue weighted by molar-refractivity contribution is 0.222. The molecule has 0 unspecified atom stereocenters. The largest absolute Gasteiger partial charge is 0.205 e. The van der Waals surface area contributed by atoms with E-state index in [9.17, 15) is 4.39 Å². The Kier molecular flexibility index (Phi) is 11.2. The van der Waals surface area contributed by atoms with E-state index in [2.05, 4.69) is 31.2 Å². The number of hydrogen-bond donors (Lipinski definition) is 0. The molecule has 2 heteroatoms. The summed E-state index contributed by atoms with van der Waals surface area (Å²) in [6.45, 7) is 2.31. The summed E-state index contributed by atoms with van der Waals surface area (Å²) in [7, 11) is 0. The van der Waals surface area contributed by atoms with Gasteiger partial charge < -0.3 is 0 Å². The minimum absolute atomic E-state index is 0.202. The smallest absolute Gasteiger partial charge is 0.142 e. The van der Waals surface area contributed by atoms with Gasteiger partial charge in [0.25, 0.3) is 0 Å². The minimum atomic E-state index is -0.319. The average molecular weight is 511 g/mol. The fraction of sp³-hybridized carbons (Fsp3) is 0.647. The Bertz CT molecular complexity index is 888. The SMILES string of the molecule is CCCCCC[C@H]1CC[C@H](CCC2CCC(c3ccc(CCc4ccc(Cl)c(F)c4)cc3)CC2)CC1. The van der Waals surface area contributed by atoms with Crippen molar-refractivity contribution in [1.29, 1.82) is 0 Å². The summed E-state index contributed by atoms with van der Waals surface area (Å²) >= 11 is 5.80. The first-order valence-corrected chi connectivity index (χ1v) is 15.5. The summed E-state index contributed by atoms with van der Waals surface area (Å²) < 4.78 is 13.7. The van der Waals surface area contributed by atoms with Gasteiger partial charge in [-0.15, -0.1) is 0 Å². The van der Waals surface area contributed by atoms with Crippen molar-refractivity contribution in [2.45, 2.75) is 122 Å². The highest BCUT2D eigenvalue weighted by atomic mass is 35.5. The first-order chi connectivity index (χ1) is 17.6. The molecule has 2 fully saturated rings. The zero-order chi connectivity index (χ0) is 25.2. The van der Waals surface area contributed by atoms with Crippen molar-refractivity contribution >= 4 is 11.6 Å². The maximum Gasteiger partial charge on any atom is 0.142 e. The minimum Gasteiger partial charge on any atom is -0.205 e. The maximum absolute atomic E-state index is 13.7. The Hall–Kier alpha value is -1.34. The molecule has 36 heavy (non-hydrogen) atoms. The van der Waals surface area contributed by atoms with Crippen LogP contribution in [-0.4, -0.2) is 0 Å². The predicted molar refractivity (Wildman–Crippen MR) is 153 cm³/mol. The normalized spacial score (nSPS) is 24.6. The fourth-order valence-corrected chi connectivity index (χ4v) is 6.98. The van der Waals surface area contributed by atoms with Crippen molar-refractivity contribution in [2.24, 2.45) is 17.8 Å². The Balaban J connectivity index is 1.11. The Labute approximate surface area is 225 Å². The Morgan fingerprint density at radius 1 is 0.667 bits per heavy atom. The van der Waals surface area contributed by atoms with Crippen LogP contribution in [0.1, 0.15) is 126 Å². The lowest BCUT2D eigenvalue weighted by Crippen LogP contribution is -2.18. The molecule has 2 aliphatic rings. The van der Waals surface area contributed by atoms with E-state index >= 15 is 0 Å². The number of rotatable bonds is 12. The molecule has 2 aromatic carbocycles. The fourth-order valence-electron chi connectivity index (χ4n) is 6.86. The molecule has 4 rings (SSSR count). The van der Waals surface area contributed by atoms with Crippen LogP contribution < -0.4 is 0 Å². The third kappa shape index (κ3) is 8.61. The third-order valence-corrected chi connectivity index (χ3v) is 9.71. The average Bonchev–Trinajstić information content (AvgIpc) is 2.92. The number of halogens is 2. The van der Waals surface area contributed by atoms with Crippen molar-refractivity contribution in [3.63, 3.8) is 0 Å². The summed E-state index contributed by atoms with van der Waals surface area (Å²) in [6, 6.07) is 14.4. The van der Waals surface area contributed by atoms with E-state index in [-0.39, 0.29) is 10.8 Å². The monoisotopic (exact) mass is 510 g/mol. The zero-order valence-electron chi connectivity index (χ0n) is 22.6. The summed E-state index contributed by atoms with van der Waals surface area (Å²) in [5, 5.41) is 0.202. The molecule has 0 nitrogen and oxygen atoms in total. The second-order valence-electron chi connectivity index (χ2n) is 12.0. The van der Waals surface area contributed by atoms with E-state index in [1.807, 2.05) is 6.07 Å². The van der Waals surface area contributed by atoms with Crippen molar-refractivity contribution in [2.75, 3.05) is 0 Å². The van der Waals surface area contributed by atoms with Crippen LogP contribution in [0.2, 0.25) is 5.02 Å². The van der Waals surface area contributed by atoms with Crippen LogP contribution in [0.25, 0.3) is 0 Å². The molecule has 2 aromatic rings. The number of aryl methyl sites for hydroxylation is 2. The first-order valence-electron chi connectivity index (χ1n) is 15.1. The molecule has 0 aromatic heterocycles. The Morgan fingerprint density at radius 3 is 1.83 bits per heavy atom. The molecule has 0 saturated heterocycles. The molecule has 0 heterocycles. The topological polar surface area (TPSA) is 0 Å². The summed E-state index contributed by atoms with van der Waals surface area (Å²) in [4.78, 5) is 0. The standard InChI is InChI=1S/C34H48ClF/c1-2-3-4-5-6-26-7-9-27(10-8-26)11-12-28-15-20-31(21-16-28)32-22-17-29(18-23-32)13-14-30-19-24-33(35)34(36)25-30/h17-19,22-28,31H,2-16,20-21H2,1H3/t26-,27-,28?,31?. The van der Waals surface area contributed by atoms with Crippen LogP contribution in [0.5, 0.6) is 0 Å². The lowest BCUT2D eigenvalue weighted by Gasteiger charge is -2.32. The van der Waals surface area contributed by atoms with E-state index in [0.717, 1.165) is 42.1 Å². The first kappa shape index (κ1) is 27.7. The van der Waals surface area contributed by atoms with Gasteiger partial charge in [0.2, 0.25) is 0 Å². The highest BCUT2D eigenvalue weighted by Crippen LogP contribution is 2.40. The van der Waals surface area contributed by atoms with Gasteiger partial charge in [-0.05, 0) is 91.0 Å². The van der Waals surface area contributed by atoms with Crippen LogP contribution in [0.4, 0.5) is 4.39 Å². The number of benzene rings is 2. The van der Waals surface area contributed by atoms with Crippen LogP contribution in [-0.2, 0) is 12.8 Å². The van der Waals surface area contributed by atoms with Crippen molar-refractivity contribution in [3.05, 3.63) is 70.0 Å². The van der Waals surface area contributed by atoms with Crippen LogP contribution >= 0.6 is 11.6 Å². The van der Waals surface area contributed by atoms with E-state index in [1.165, 1.54) is 107 Å². The van der Waals surface area contributed by atoms with Crippen LogP contribution in [0.15, 0.2) is 42.5 Å². The van der Waals surface area contributed by atoms with Crippen LogP contribution in [0.3, 0.4) is 0 Å². The maximum atomic E-state index is 13.7. The van der Waals surface area contributed by atoms with E-state index in [0.29, 0.717) is 0 Å². The third-order valence-electron chi connectivity index (χ3n) is 9.40. The molecule has 0 bridgehead atoms. The van der Waals surface area contributed by atoms with Gasteiger partial charge in [0.05, 0.1) is 5.02 Å². The van der Waals surface area contributed by atoms with Gasteiger partial charge >= 0.3 is 0 Å². The van der Waals surface area contributed by atoms with Crippen molar-refractivity contribution in [1.82, 2.24) is 0 Å². The molecule has 0 N–H and O–H groups in total.